The van der Waals surface area contributed by atoms with Gasteiger partial charge in [0.15, 0.2) is 5.82 Å². The number of fused-ring (bicyclic) bond motifs is 1. The van der Waals surface area contributed by atoms with Gasteiger partial charge < -0.3 is 5.32 Å². The van der Waals surface area contributed by atoms with Gasteiger partial charge in [-0.2, -0.15) is 0 Å². The molecular weight excluding hydrogens is 398 g/mol. The fourth-order valence-corrected chi connectivity index (χ4v) is 5.12. The number of hydrogen-bond acceptors (Lipinski definition) is 5. The highest BCUT2D eigenvalue weighted by atomic mass is 32.2. The first-order valence-corrected chi connectivity index (χ1v) is 11.9. The van der Waals surface area contributed by atoms with Crippen LogP contribution in [0.1, 0.15) is 39.0 Å². The number of para-hydroxylation sites is 1. The summed E-state index contributed by atoms with van der Waals surface area (Å²) >= 11 is 3.13. The highest BCUT2D eigenvalue weighted by molar-refractivity contribution is 8.00. The molecule has 1 atom stereocenters. The molecule has 3 aromatic rings. The quantitative estimate of drug-likeness (QED) is 0.294. The second-order valence-electron chi connectivity index (χ2n) is 7.26. The second kappa shape index (κ2) is 9.55. The van der Waals surface area contributed by atoms with Gasteiger partial charge in [0, 0.05) is 11.9 Å². The fraction of sp³-hybridized carbons (Fsp3) is 0.348. The Morgan fingerprint density at radius 3 is 2.90 bits per heavy atom. The normalized spacial score (nSPS) is 15.1. The molecule has 0 radical (unpaired) electrons. The molecule has 0 saturated carbocycles. The van der Waals surface area contributed by atoms with Crippen molar-refractivity contribution in [2.45, 2.75) is 49.3 Å². The summed E-state index contributed by atoms with van der Waals surface area (Å²) in [6, 6.07) is 12.0. The van der Waals surface area contributed by atoms with E-state index < -0.39 is 0 Å². The number of benzene rings is 1. The van der Waals surface area contributed by atoms with Gasteiger partial charge in [-0.05, 0) is 56.5 Å². The Bertz CT molecular complexity index is 1010. The van der Waals surface area contributed by atoms with E-state index >= 15 is 0 Å². The molecule has 0 bridgehead atoms. The second-order valence-corrected chi connectivity index (χ2v) is 9.53. The Morgan fingerprint density at radius 1 is 1.21 bits per heavy atom. The van der Waals surface area contributed by atoms with Gasteiger partial charge in [-0.25, -0.2) is 9.97 Å². The summed E-state index contributed by atoms with van der Waals surface area (Å²) in [4.78, 5) is 23.2. The van der Waals surface area contributed by atoms with E-state index in [0.717, 1.165) is 33.1 Å². The van der Waals surface area contributed by atoms with Crippen LogP contribution in [0.25, 0.3) is 21.6 Å². The molecule has 4 nitrogen and oxygen atoms in total. The van der Waals surface area contributed by atoms with Crippen molar-refractivity contribution in [1.82, 2.24) is 15.3 Å². The third-order valence-corrected chi connectivity index (χ3v) is 7.07. The first-order valence-electron chi connectivity index (χ1n) is 10.1. The molecule has 2 heterocycles. The van der Waals surface area contributed by atoms with Gasteiger partial charge in [-0.1, -0.05) is 47.7 Å². The zero-order valence-electron chi connectivity index (χ0n) is 16.6. The number of rotatable bonds is 7. The predicted octanol–water partition coefficient (Wildman–Crippen LogP) is 5.85. The number of thioether (sulfide) groups is 1. The molecule has 4 rings (SSSR count). The number of allylic oxidation sites excluding steroid dienone is 1. The molecule has 1 aromatic carbocycles. The summed E-state index contributed by atoms with van der Waals surface area (Å²) in [6.45, 7) is 2.65. The Morgan fingerprint density at radius 2 is 2.10 bits per heavy atom. The van der Waals surface area contributed by atoms with Crippen LogP contribution in [0.5, 0.6) is 0 Å². The number of hydrogen-bond donors (Lipinski definition) is 1. The van der Waals surface area contributed by atoms with Gasteiger partial charge >= 0.3 is 0 Å². The Balaban J connectivity index is 1.46. The predicted molar refractivity (Wildman–Crippen MR) is 122 cm³/mol. The average Bonchev–Trinajstić information content (AvgIpc) is 3.29. The molecule has 1 aliphatic carbocycles. The van der Waals surface area contributed by atoms with Gasteiger partial charge in [0.25, 0.3) is 0 Å². The number of aromatic nitrogens is 2. The Labute approximate surface area is 179 Å². The molecule has 1 aliphatic rings. The summed E-state index contributed by atoms with van der Waals surface area (Å²) in [5.41, 5.74) is 2.39. The molecule has 0 unspecified atom stereocenters. The monoisotopic (exact) mass is 423 g/mol. The lowest BCUT2D eigenvalue weighted by atomic mass is 9.97. The number of thiophene rings is 1. The zero-order chi connectivity index (χ0) is 20.1. The van der Waals surface area contributed by atoms with Gasteiger partial charge in [0.05, 0.1) is 15.6 Å². The summed E-state index contributed by atoms with van der Waals surface area (Å²) in [6.07, 6.45) is 8.24. The molecule has 1 N–H and O–H groups in total. The van der Waals surface area contributed by atoms with E-state index in [0.29, 0.717) is 6.54 Å². The van der Waals surface area contributed by atoms with Gasteiger partial charge in [0.1, 0.15) is 5.03 Å². The molecule has 29 heavy (non-hydrogen) atoms. The number of carbonyl (C=O) groups is 1. The highest BCUT2D eigenvalue weighted by Gasteiger charge is 2.18. The number of amides is 1. The number of nitrogens with one attached hydrogen (secondary N) is 1. The summed E-state index contributed by atoms with van der Waals surface area (Å²) in [5, 5.41) is 6.76. The molecule has 0 saturated heterocycles. The minimum Gasteiger partial charge on any atom is -0.355 e. The zero-order valence-corrected chi connectivity index (χ0v) is 18.2. The van der Waals surface area contributed by atoms with Crippen molar-refractivity contribution in [2.24, 2.45) is 0 Å². The lowest BCUT2D eigenvalue weighted by molar-refractivity contribution is -0.120. The largest absolute Gasteiger partial charge is 0.355 e. The van der Waals surface area contributed by atoms with Crippen molar-refractivity contribution < 1.29 is 4.79 Å². The smallest absolute Gasteiger partial charge is 0.233 e. The molecule has 1 amide bonds. The van der Waals surface area contributed by atoms with Crippen molar-refractivity contribution >= 4 is 39.9 Å². The summed E-state index contributed by atoms with van der Waals surface area (Å²) < 4.78 is 0. The van der Waals surface area contributed by atoms with Gasteiger partial charge in [0.2, 0.25) is 5.91 Å². The Kier molecular flexibility index (Phi) is 6.62. The van der Waals surface area contributed by atoms with Crippen molar-refractivity contribution in [1.29, 1.82) is 0 Å². The average molecular weight is 424 g/mol. The molecule has 2 aromatic heterocycles. The van der Waals surface area contributed by atoms with E-state index in [-0.39, 0.29) is 11.2 Å². The molecule has 0 fully saturated rings. The maximum atomic E-state index is 12.6. The van der Waals surface area contributed by atoms with Crippen molar-refractivity contribution in [3.8, 4) is 10.7 Å². The van der Waals surface area contributed by atoms with Crippen LogP contribution in [0.15, 0.2) is 58.5 Å². The van der Waals surface area contributed by atoms with Crippen LogP contribution >= 0.6 is 23.1 Å². The molecular formula is C23H25N3OS2. The maximum Gasteiger partial charge on any atom is 0.233 e. The molecule has 6 heteroatoms. The molecule has 0 spiro atoms. The van der Waals surface area contributed by atoms with E-state index in [1.54, 1.807) is 11.3 Å². The van der Waals surface area contributed by atoms with Crippen LogP contribution < -0.4 is 5.32 Å². The highest BCUT2D eigenvalue weighted by Crippen LogP contribution is 2.32. The minimum absolute atomic E-state index is 0.0618. The lowest BCUT2D eigenvalue weighted by Gasteiger charge is -2.15. The van der Waals surface area contributed by atoms with Crippen molar-refractivity contribution in [3.05, 3.63) is 53.4 Å². The van der Waals surface area contributed by atoms with Crippen LogP contribution in [-0.4, -0.2) is 27.7 Å². The summed E-state index contributed by atoms with van der Waals surface area (Å²) in [7, 11) is 0. The van der Waals surface area contributed by atoms with E-state index in [2.05, 4.69) is 11.4 Å². The van der Waals surface area contributed by atoms with Gasteiger partial charge in [-0.3, -0.25) is 4.79 Å². The minimum atomic E-state index is -0.218. The maximum absolute atomic E-state index is 12.6. The van der Waals surface area contributed by atoms with E-state index in [9.17, 15) is 4.79 Å². The van der Waals surface area contributed by atoms with Gasteiger partial charge in [-0.15, -0.1) is 11.3 Å². The third-order valence-electron chi connectivity index (χ3n) is 5.10. The van der Waals surface area contributed by atoms with Crippen molar-refractivity contribution in [3.63, 3.8) is 0 Å². The SMILES string of the molecule is C[C@@H](Sc1nc(-c2cccs2)nc2ccccc12)C(=O)NCCC1=CCCCC1. The fourth-order valence-electron chi connectivity index (χ4n) is 3.50. The van der Waals surface area contributed by atoms with Crippen LogP contribution in [0, 0.1) is 0 Å². The lowest BCUT2D eigenvalue weighted by Crippen LogP contribution is -2.32. The number of nitrogens with zero attached hydrogens (tertiary/aromatic N) is 2. The van der Waals surface area contributed by atoms with Crippen LogP contribution in [0.3, 0.4) is 0 Å². The van der Waals surface area contributed by atoms with Crippen LogP contribution in [0.2, 0.25) is 0 Å². The van der Waals surface area contributed by atoms with E-state index in [1.165, 1.54) is 43.0 Å². The molecule has 0 aliphatic heterocycles. The topological polar surface area (TPSA) is 54.9 Å². The van der Waals surface area contributed by atoms with Crippen molar-refractivity contribution in [2.75, 3.05) is 6.54 Å². The Hall–Kier alpha value is -2.18. The third kappa shape index (κ3) is 5.06. The summed E-state index contributed by atoms with van der Waals surface area (Å²) in [5.74, 6) is 0.782. The van der Waals surface area contributed by atoms with E-state index in [4.69, 9.17) is 9.97 Å². The van der Waals surface area contributed by atoms with E-state index in [1.807, 2.05) is 48.7 Å². The standard InChI is InChI=1S/C23H25N3OS2/c1-16(22(27)24-14-13-17-8-3-2-4-9-17)29-23-18-10-5-6-11-19(18)25-21(26-23)20-12-7-15-28-20/h5-8,10-12,15-16H,2-4,9,13-14H2,1H3,(H,24,27)/t16-/m1/s1. The van der Waals surface area contributed by atoms with Crippen LogP contribution in [-0.2, 0) is 4.79 Å². The first-order chi connectivity index (χ1) is 14.2. The first kappa shape index (κ1) is 20.1. The number of carbonyl (C=O) groups excluding carboxylic acids is 1. The van der Waals surface area contributed by atoms with Crippen LogP contribution in [0.4, 0.5) is 0 Å². The molecule has 150 valence electrons.